The summed E-state index contributed by atoms with van der Waals surface area (Å²) < 4.78 is 10.9. The second-order valence-electron chi connectivity index (χ2n) is 8.04. The summed E-state index contributed by atoms with van der Waals surface area (Å²) in [7, 11) is 5.43. The minimum atomic E-state index is -0.320. The van der Waals surface area contributed by atoms with Crippen LogP contribution in [0.5, 0.6) is 0 Å². The first-order valence-electron chi connectivity index (χ1n) is 10.9. The molecular weight excluding hydrogens is 380 g/mol. The molecule has 0 radical (unpaired) electrons. The van der Waals surface area contributed by atoms with E-state index in [2.05, 4.69) is 33.8 Å². The zero-order valence-corrected chi connectivity index (χ0v) is 19.0. The highest BCUT2D eigenvalue weighted by Crippen LogP contribution is 2.38. The smallest absolute Gasteiger partial charge is 0.230 e. The Morgan fingerprint density at radius 3 is 2.50 bits per heavy atom. The molecule has 1 aliphatic carbocycles. The van der Waals surface area contributed by atoms with Gasteiger partial charge < -0.3 is 25.0 Å². The van der Waals surface area contributed by atoms with Gasteiger partial charge in [0.25, 0.3) is 0 Å². The van der Waals surface area contributed by atoms with Gasteiger partial charge in [-0.3, -0.25) is 9.79 Å². The first-order chi connectivity index (χ1) is 14.5. The highest BCUT2D eigenvalue weighted by molar-refractivity contribution is 5.85. The number of amides is 1. The molecule has 1 aromatic rings. The third-order valence-corrected chi connectivity index (χ3v) is 5.53. The van der Waals surface area contributed by atoms with Crippen LogP contribution in [0.1, 0.15) is 43.7 Å². The molecule has 7 nitrogen and oxygen atoms in total. The number of benzene rings is 1. The van der Waals surface area contributed by atoms with Gasteiger partial charge >= 0.3 is 0 Å². The Labute approximate surface area is 181 Å². The summed E-state index contributed by atoms with van der Waals surface area (Å²) in [6.07, 6.45) is 4.07. The van der Waals surface area contributed by atoms with E-state index in [1.807, 2.05) is 27.1 Å². The third-order valence-electron chi connectivity index (χ3n) is 5.53. The Morgan fingerprint density at radius 1 is 1.13 bits per heavy atom. The molecule has 30 heavy (non-hydrogen) atoms. The predicted octanol–water partition coefficient (Wildman–Crippen LogP) is 2.55. The molecule has 2 rings (SSSR count). The van der Waals surface area contributed by atoms with E-state index >= 15 is 0 Å². The molecule has 1 saturated carbocycles. The van der Waals surface area contributed by atoms with Crippen molar-refractivity contribution >= 4 is 11.9 Å². The van der Waals surface area contributed by atoms with Crippen molar-refractivity contribution in [1.29, 1.82) is 0 Å². The van der Waals surface area contributed by atoms with Crippen LogP contribution in [0.4, 0.5) is 0 Å². The van der Waals surface area contributed by atoms with Crippen LogP contribution in [0.2, 0.25) is 0 Å². The zero-order chi connectivity index (χ0) is 21.8. The number of aliphatic imine (C=N–C) groups is 1. The van der Waals surface area contributed by atoms with E-state index < -0.39 is 0 Å². The molecule has 1 fully saturated rings. The summed E-state index contributed by atoms with van der Waals surface area (Å²) in [5, 5.41) is 6.74. The van der Waals surface area contributed by atoms with Gasteiger partial charge in [0.1, 0.15) is 0 Å². The van der Waals surface area contributed by atoms with Crippen molar-refractivity contribution in [1.82, 2.24) is 15.5 Å². The Balaban J connectivity index is 1.84. The standard InChI is InChI=1S/C23H38N4O3/c1-5-29-13-14-30-17-20-10-8-9-19(15-20)16-25-22(24-2)26-18-23(11-6-7-12-23)21(28)27(3)4/h8-10,15H,5-7,11-14,16-18H2,1-4H3,(H2,24,25,26). The van der Waals surface area contributed by atoms with Crippen molar-refractivity contribution in [3.05, 3.63) is 35.4 Å². The molecule has 0 aliphatic heterocycles. The number of nitrogens with zero attached hydrogens (tertiary/aromatic N) is 2. The lowest BCUT2D eigenvalue weighted by molar-refractivity contribution is -0.138. The van der Waals surface area contributed by atoms with Crippen LogP contribution in [-0.4, -0.2) is 64.3 Å². The summed E-state index contributed by atoms with van der Waals surface area (Å²) in [6, 6.07) is 8.32. The molecule has 0 spiro atoms. The lowest BCUT2D eigenvalue weighted by atomic mass is 9.84. The van der Waals surface area contributed by atoms with Crippen molar-refractivity contribution < 1.29 is 14.3 Å². The molecule has 0 saturated heterocycles. The largest absolute Gasteiger partial charge is 0.379 e. The van der Waals surface area contributed by atoms with Gasteiger partial charge in [0.15, 0.2) is 5.96 Å². The maximum atomic E-state index is 12.7. The van der Waals surface area contributed by atoms with Gasteiger partial charge in [-0.1, -0.05) is 37.1 Å². The molecule has 0 heterocycles. The number of carbonyl (C=O) groups is 1. The van der Waals surface area contributed by atoms with E-state index in [-0.39, 0.29) is 11.3 Å². The van der Waals surface area contributed by atoms with E-state index in [1.54, 1.807) is 11.9 Å². The van der Waals surface area contributed by atoms with E-state index in [9.17, 15) is 4.79 Å². The van der Waals surface area contributed by atoms with E-state index in [4.69, 9.17) is 9.47 Å². The van der Waals surface area contributed by atoms with Crippen LogP contribution in [0.3, 0.4) is 0 Å². The maximum absolute atomic E-state index is 12.7. The van der Waals surface area contributed by atoms with Crippen molar-refractivity contribution in [3.63, 3.8) is 0 Å². The molecule has 0 bridgehead atoms. The first kappa shape index (κ1) is 24.2. The molecule has 7 heteroatoms. The van der Waals surface area contributed by atoms with Gasteiger partial charge in [-0.15, -0.1) is 0 Å². The highest BCUT2D eigenvalue weighted by Gasteiger charge is 2.42. The molecule has 168 valence electrons. The van der Waals surface area contributed by atoms with Crippen molar-refractivity contribution in [2.45, 2.75) is 45.8 Å². The quantitative estimate of drug-likeness (QED) is 0.328. The van der Waals surface area contributed by atoms with Crippen LogP contribution >= 0.6 is 0 Å². The summed E-state index contributed by atoms with van der Waals surface area (Å²) in [5.41, 5.74) is 1.97. The van der Waals surface area contributed by atoms with Gasteiger partial charge in [0, 0.05) is 40.8 Å². The van der Waals surface area contributed by atoms with E-state index in [0.29, 0.717) is 45.5 Å². The van der Waals surface area contributed by atoms with E-state index in [0.717, 1.165) is 36.8 Å². The number of guanidine groups is 1. The van der Waals surface area contributed by atoms with Crippen molar-refractivity contribution in [2.24, 2.45) is 10.4 Å². The topological polar surface area (TPSA) is 75.2 Å². The summed E-state index contributed by atoms with van der Waals surface area (Å²) >= 11 is 0. The molecule has 1 aliphatic rings. The molecule has 1 amide bonds. The Morgan fingerprint density at radius 2 is 1.83 bits per heavy atom. The monoisotopic (exact) mass is 418 g/mol. The fraction of sp³-hybridized carbons (Fsp3) is 0.652. The lowest BCUT2D eigenvalue weighted by Crippen LogP contribution is -2.49. The highest BCUT2D eigenvalue weighted by atomic mass is 16.5. The number of hydrogen-bond donors (Lipinski definition) is 2. The summed E-state index contributed by atoms with van der Waals surface area (Å²) in [4.78, 5) is 18.8. The number of carbonyl (C=O) groups excluding carboxylic acids is 1. The van der Waals surface area contributed by atoms with E-state index in [1.165, 1.54) is 0 Å². The molecule has 0 atom stereocenters. The Bertz CT molecular complexity index is 685. The van der Waals surface area contributed by atoms with Crippen LogP contribution in [0.25, 0.3) is 0 Å². The fourth-order valence-corrected chi connectivity index (χ4v) is 3.93. The van der Waals surface area contributed by atoms with Crippen LogP contribution < -0.4 is 10.6 Å². The zero-order valence-electron chi connectivity index (χ0n) is 19.0. The normalized spacial score (nSPS) is 15.8. The third kappa shape index (κ3) is 7.29. The molecule has 1 aromatic carbocycles. The van der Waals surface area contributed by atoms with Gasteiger partial charge in [0.2, 0.25) is 5.91 Å². The predicted molar refractivity (Wildman–Crippen MR) is 120 cm³/mol. The molecule has 0 unspecified atom stereocenters. The number of ether oxygens (including phenoxy) is 2. The Hall–Kier alpha value is -2.12. The molecule has 2 N–H and O–H groups in total. The maximum Gasteiger partial charge on any atom is 0.230 e. The average molecular weight is 419 g/mol. The second kappa shape index (κ2) is 12.5. The SMILES string of the molecule is CCOCCOCc1cccc(CNC(=NC)NCC2(C(=O)N(C)C)CCCC2)c1. The minimum absolute atomic E-state index is 0.208. The van der Waals surface area contributed by atoms with Crippen molar-refractivity contribution in [3.8, 4) is 0 Å². The van der Waals surface area contributed by atoms with Gasteiger partial charge in [-0.05, 0) is 30.9 Å². The number of rotatable bonds is 11. The first-order valence-corrected chi connectivity index (χ1v) is 10.9. The average Bonchev–Trinajstić information content (AvgIpc) is 3.23. The number of nitrogens with one attached hydrogen (secondary N) is 2. The van der Waals surface area contributed by atoms with Gasteiger partial charge in [-0.2, -0.15) is 0 Å². The summed E-state index contributed by atoms with van der Waals surface area (Å²) in [6.45, 7) is 5.75. The molecular formula is C23H38N4O3. The lowest BCUT2D eigenvalue weighted by Gasteiger charge is -2.31. The van der Waals surface area contributed by atoms with Gasteiger partial charge in [-0.25, -0.2) is 0 Å². The Kier molecular flexibility index (Phi) is 10.1. The number of hydrogen-bond acceptors (Lipinski definition) is 4. The van der Waals surface area contributed by atoms with Crippen LogP contribution in [0.15, 0.2) is 29.3 Å². The minimum Gasteiger partial charge on any atom is -0.379 e. The van der Waals surface area contributed by atoms with Crippen molar-refractivity contribution in [2.75, 3.05) is 47.5 Å². The fourth-order valence-electron chi connectivity index (χ4n) is 3.93. The molecule has 0 aromatic heterocycles. The summed E-state index contributed by atoms with van der Waals surface area (Å²) in [5.74, 6) is 0.922. The van der Waals surface area contributed by atoms with Crippen LogP contribution in [0, 0.1) is 5.41 Å². The second-order valence-corrected chi connectivity index (χ2v) is 8.04. The van der Waals surface area contributed by atoms with Gasteiger partial charge in [0.05, 0.1) is 25.2 Å². The van der Waals surface area contributed by atoms with Crippen LogP contribution in [-0.2, 0) is 27.4 Å².